The maximum Gasteiger partial charge on any atom is 0.311 e. The molecule has 6 atom stereocenters. The molecular formula is C25H40N2O5S. The average molecular weight is 481 g/mol. The number of amides is 2. The molecule has 33 heavy (non-hydrogen) atoms. The third-order valence-corrected chi connectivity index (χ3v) is 9.55. The zero-order valence-electron chi connectivity index (χ0n) is 20.9. The molecule has 0 aromatic heterocycles. The van der Waals surface area contributed by atoms with Crippen molar-refractivity contribution in [2.24, 2.45) is 17.8 Å². The summed E-state index contributed by atoms with van der Waals surface area (Å²) in [6, 6.07) is -1.26. The molecule has 7 nitrogen and oxygen atoms in total. The molecule has 1 spiro atoms. The van der Waals surface area contributed by atoms with Crippen LogP contribution in [0.5, 0.6) is 0 Å². The first-order valence-corrected chi connectivity index (χ1v) is 13.0. The number of rotatable bonds is 10. The van der Waals surface area contributed by atoms with E-state index >= 15 is 0 Å². The van der Waals surface area contributed by atoms with Gasteiger partial charge in [0.05, 0.1) is 35.8 Å². The van der Waals surface area contributed by atoms with Crippen molar-refractivity contribution in [1.29, 1.82) is 0 Å². The lowest BCUT2D eigenvalue weighted by Crippen LogP contribution is -2.58. The van der Waals surface area contributed by atoms with Gasteiger partial charge in [0, 0.05) is 17.3 Å². The Hall–Kier alpha value is -1.54. The van der Waals surface area contributed by atoms with E-state index in [-0.39, 0.29) is 43.0 Å². The Kier molecular flexibility index (Phi) is 7.59. The van der Waals surface area contributed by atoms with E-state index in [0.717, 1.165) is 6.42 Å². The van der Waals surface area contributed by atoms with Gasteiger partial charge >= 0.3 is 5.97 Å². The van der Waals surface area contributed by atoms with Crippen molar-refractivity contribution < 1.29 is 24.2 Å². The number of ether oxygens (including phenoxy) is 1. The van der Waals surface area contributed by atoms with E-state index in [1.54, 1.807) is 34.6 Å². The summed E-state index contributed by atoms with van der Waals surface area (Å²) in [5.74, 6) is -1.63. The molecule has 0 aliphatic carbocycles. The van der Waals surface area contributed by atoms with Crippen LogP contribution in [0.3, 0.4) is 0 Å². The highest BCUT2D eigenvalue weighted by molar-refractivity contribution is 8.02. The van der Waals surface area contributed by atoms with Crippen molar-refractivity contribution in [3.8, 4) is 0 Å². The summed E-state index contributed by atoms with van der Waals surface area (Å²) >= 11 is 1.63. The molecule has 2 unspecified atom stereocenters. The van der Waals surface area contributed by atoms with Gasteiger partial charge in [-0.25, -0.2) is 0 Å². The molecule has 3 aliphatic rings. The Morgan fingerprint density at radius 3 is 2.52 bits per heavy atom. The molecule has 3 fully saturated rings. The standard InChI is InChI=1S/C25H40N2O5S/c1-8-12-26(16(5)6)22(30)20-25-11-10-24(7,33-25)19(23(31)32-9-2)18(25)21(29)27(20)17(14-28)13-15(3)4/h8,15-20,28H,1,9-14H2,2-7H3/t17-,18+,19-,20?,24+,25?/m1/s1. The van der Waals surface area contributed by atoms with Crippen molar-refractivity contribution in [3.05, 3.63) is 12.7 Å². The lowest BCUT2D eigenvalue weighted by atomic mass is 9.66. The molecule has 3 aliphatic heterocycles. The minimum atomic E-state index is -0.723. The number of thioether (sulfide) groups is 1. The lowest BCUT2D eigenvalue weighted by molar-refractivity contribution is -0.155. The van der Waals surface area contributed by atoms with Crippen LogP contribution < -0.4 is 0 Å². The number of nitrogens with zero attached hydrogens (tertiary/aromatic N) is 2. The van der Waals surface area contributed by atoms with Gasteiger partial charge in [0.1, 0.15) is 6.04 Å². The van der Waals surface area contributed by atoms with Crippen LogP contribution >= 0.6 is 11.8 Å². The molecule has 2 bridgehead atoms. The maximum atomic E-state index is 14.1. The maximum absolute atomic E-state index is 14.1. The molecule has 1 N–H and O–H groups in total. The molecule has 3 heterocycles. The van der Waals surface area contributed by atoms with Crippen LogP contribution in [0.1, 0.15) is 60.8 Å². The van der Waals surface area contributed by atoms with Gasteiger partial charge in [0.15, 0.2) is 0 Å². The number of hydrogen-bond donors (Lipinski definition) is 1. The molecular weight excluding hydrogens is 440 g/mol. The Balaban J connectivity index is 2.14. The van der Waals surface area contributed by atoms with Crippen LogP contribution in [0.15, 0.2) is 12.7 Å². The van der Waals surface area contributed by atoms with Crippen molar-refractivity contribution >= 4 is 29.5 Å². The zero-order chi connectivity index (χ0) is 24.7. The summed E-state index contributed by atoms with van der Waals surface area (Å²) in [7, 11) is 0. The first-order valence-electron chi connectivity index (χ1n) is 12.2. The second kappa shape index (κ2) is 9.61. The molecule has 3 rings (SSSR count). The van der Waals surface area contributed by atoms with Gasteiger partial charge in [0.2, 0.25) is 11.8 Å². The van der Waals surface area contributed by atoms with Crippen LogP contribution in [0.4, 0.5) is 0 Å². The van der Waals surface area contributed by atoms with E-state index in [1.165, 1.54) is 0 Å². The number of carbonyl (C=O) groups is 3. The summed E-state index contributed by atoms with van der Waals surface area (Å²) in [5, 5.41) is 10.3. The predicted octanol–water partition coefficient (Wildman–Crippen LogP) is 2.86. The average Bonchev–Trinajstić information content (AvgIpc) is 3.30. The van der Waals surface area contributed by atoms with Gasteiger partial charge < -0.3 is 19.6 Å². The Bertz CT molecular complexity index is 802. The van der Waals surface area contributed by atoms with E-state index < -0.39 is 33.4 Å². The smallest absolute Gasteiger partial charge is 0.311 e. The van der Waals surface area contributed by atoms with Crippen molar-refractivity contribution in [2.75, 3.05) is 19.8 Å². The molecule has 3 saturated heterocycles. The third-order valence-electron chi connectivity index (χ3n) is 7.57. The summed E-state index contributed by atoms with van der Waals surface area (Å²) in [6.45, 7) is 16.0. The lowest BCUT2D eigenvalue weighted by Gasteiger charge is -2.41. The van der Waals surface area contributed by atoms with Gasteiger partial charge in [-0.15, -0.1) is 18.3 Å². The summed E-state index contributed by atoms with van der Waals surface area (Å²) in [4.78, 5) is 44.7. The van der Waals surface area contributed by atoms with Crippen molar-refractivity contribution in [1.82, 2.24) is 9.80 Å². The summed E-state index contributed by atoms with van der Waals surface area (Å²) in [6.07, 6.45) is 3.73. The normalized spacial score (nSPS) is 33.5. The van der Waals surface area contributed by atoms with Gasteiger partial charge in [-0.2, -0.15) is 0 Å². The highest BCUT2D eigenvalue weighted by atomic mass is 32.2. The summed E-state index contributed by atoms with van der Waals surface area (Å²) in [5.41, 5.74) is 0. The number of likely N-dealkylation sites (tertiary alicyclic amines) is 1. The fourth-order valence-electron chi connectivity index (χ4n) is 6.30. The Morgan fingerprint density at radius 1 is 1.33 bits per heavy atom. The third kappa shape index (κ3) is 4.11. The van der Waals surface area contributed by atoms with Crippen LogP contribution in [0.2, 0.25) is 0 Å². The van der Waals surface area contributed by atoms with Gasteiger partial charge in [-0.05, 0) is 52.9 Å². The molecule has 0 saturated carbocycles. The molecule has 0 aromatic carbocycles. The van der Waals surface area contributed by atoms with Crippen LogP contribution in [0.25, 0.3) is 0 Å². The molecule has 2 amide bonds. The number of carbonyl (C=O) groups excluding carboxylic acids is 3. The topological polar surface area (TPSA) is 87.2 Å². The first kappa shape index (κ1) is 26.1. The quantitative estimate of drug-likeness (QED) is 0.382. The van der Waals surface area contributed by atoms with Gasteiger partial charge in [-0.3, -0.25) is 14.4 Å². The van der Waals surface area contributed by atoms with E-state index in [4.69, 9.17) is 4.74 Å². The van der Waals surface area contributed by atoms with Gasteiger partial charge in [-0.1, -0.05) is 19.9 Å². The Morgan fingerprint density at radius 2 is 2.00 bits per heavy atom. The fraction of sp³-hybridized carbons (Fsp3) is 0.800. The highest BCUT2D eigenvalue weighted by Gasteiger charge is 2.78. The molecule has 0 aromatic rings. The summed E-state index contributed by atoms with van der Waals surface area (Å²) < 4.78 is 4.29. The molecule has 186 valence electrons. The second-order valence-corrected chi connectivity index (χ2v) is 12.5. The number of esters is 1. The predicted molar refractivity (Wildman–Crippen MR) is 130 cm³/mol. The highest BCUT2D eigenvalue weighted by Crippen LogP contribution is 2.71. The number of hydrogen-bond acceptors (Lipinski definition) is 6. The van der Waals surface area contributed by atoms with Crippen LogP contribution in [-0.2, 0) is 19.1 Å². The zero-order valence-corrected chi connectivity index (χ0v) is 21.7. The number of aliphatic hydroxyl groups excluding tert-OH is 1. The van der Waals surface area contributed by atoms with E-state index in [1.807, 2.05) is 34.6 Å². The van der Waals surface area contributed by atoms with E-state index in [2.05, 4.69) is 6.58 Å². The molecule has 8 heteroatoms. The monoisotopic (exact) mass is 480 g/mol. The number of fused-ring (bicyclic) bond motifs is 1. The Labute approximate surface area is 202 Å². The first-order chi connectivity index (χ1) is 15.5. The molecule has 0 radical (unpaired) electrons. The van der Waals surface area contributed by atoms with E-state index in [0.29, 0.717) is 19.4 Å². The van der Waals surface area contributed by atoms with Crippen molar-refractivity contribution in [3.63, 3.8) is 0 Å². The van der Waals surface area contributed by atoms with Crippen LogP contribution in [-0.4, -0.2) is 80.1 Å². The fourth-order valence-corrected chi connectivity index (χ4v) is 8.62. The van der Waals surface area contributed by atoms with Crippen molar-refractivity contribution in [2.45, 2.75) is 88.4 Å². The minimum Gasteiger partial charge on any atom is -0.466 e. The second-order valence-electron chi connectivity index (χ2n) is 10.6. The van der Waals surface area contributed by atoms with Gasteiger partial charge in [0.25, 0.3) is 0 Å². The largest absolute Gasteiger partial charge is 0.466 e. The SMILES string of the molecule is C=CCN(C(=O)C1N([C@@H](CO)CC(C)C)C(=O)[C@@H]2[C@H](C(=O)OCC)[C@]3(C)CCC12S3)C(C)C. The minimum absolute atomic E-state index is 0.0689. The van der Waals surface area contributed by atoms with E-state index in [9.17, 15) is 19.5 Å². The number of aliphatic hydroxyl groups is 1. The van der Waals surface area contributed by atoms with Crippen LogP contribution in [0, 0.1) is 17.8 Å².